The zero-order valence-corrected chi connectivity index (χ0v) is 16.1. The third kappa shape index (κ3) is 4.23. The second-order valence-electron chi connectivity index (χ2n) is 5.69. The lowest BCUT2D eigenvalue weighted by molar-refractivity contribution is 0.0846. The number of amides is 2. The summed E-state index contributed by atoms with van der Waals surface area (Å²) < 4.78 is 21.5. The number of fused-ring (bicyclic) bond motifs is 1. The van der Waals surface area contributed by atoms with Crippen molar-refractivity contribution in [2.75, 3.05) is 26.9 Å². The van der Waals surface area contributed by atoms with Gasteiger partial charge in [-0.05, 0) is 37.3 Å². The zero-order valence-electron chi connectivity index (χ0n) is 15.3. The van der Waals surface area contributed by atoms with E-state index in [-0.39, 0.29) is 10.6 Å². The summed E-state index contributed by atoms with van der Waals surface area (Å²) in [5.74, 6) is 0.654. The normalized spacial score (nSPS) is 12.1. The Hall–Kier alpha value is -3.13. The second-order valence-corrected chi connectivity index (χ2v) is 6.10. The van der Waals surface area contributed by atoms with Gasteiger partial charge in [0.1, 0.15) is 13.2 Å². The molecule has 2 amide bonds. The van der Waals surface area contributed by atoms with Gasteiger partial charge in [-0.3, -0.25) is 20.4 Å². The topological polar surface area (TPSA) is 95.1 Å². The van der Waals surface area contributed by atoms with Gasteiger partial charge in [-0.1, -0.05) is 11.6 Å². The van der Waals surface area contributed by atoms with Gasteiger partial charge in [0.2, 0.25) is 0 Å². The number of hydrogen-bond donors (Lipinski definition) is 2. The molecule has 1 heterocycles. The molecule has 0 bridgehead atoms. The number of hydrazine groups is 1. The summed E-state index contributed by atoms with van der Waals surface area (Å²) >= 11 is 6.16. The Morgan fingerprint density at radius 2 is 1.71 bits per heavy atom. The lowest BCUT2D eigenvalue weighted by Gasteiger charge is -2.18. The predicted molar refractivity (Wildman–Crippen MR) is 102 cm³/mol. The summed E-state index contributed by atoms with van der Waals surface area (Å²) in [4.78, 5) is 24.7. The number of rotatable bonds is 5. The summed E-state index contributed by atoms with van der Waals surface area (Å²) in [6.07, 6.45) is 0. The quantitative estimate of drug-likeness (QED) is 0.741. The standard InChI is InChI=1S/C19H19ClN2O6/c1-3-26-17-13(20)8-12(10-16(17)25-2)19(24)22-21-18(23)11-4-5-14-15(9-11)28-7-6-27-14/h4-5,8-10H,3,6-7H2,1-2H3,(H,21,23)(H,22,24). The Morgan fingerprint density at radius 1 is 1.04 bits per heavy atom. The van der Waals surface area contributed by atoms with Crippen molar-refractivity contribution in [2.24, 2.45) is 0 Å². The van der Waals surface area contributed by atoms with Crippen LogP contribution in [0.15, 0.2) is 30.3 Å². The number of hydrogen-bond acceptors (Lipinski definition) is 6. The van der Waals surface area contributed by atoms with Crippen LogP contribution in [0, 0.1) is 0 Å². The number of benzene rings is 2. The van der Waals surface area contributed by atoms with Gasteiger partial charge in [0.15, 0.2) is 23.0 Å². The van der Waals surface area contributed by atoms with E-state index in [1.165, 1.54) is 19.2 Å². The van der Waals surface area contributed by atoms with E-state index >= 15 is 0 Å². The molecular formula is C19H19ClN2O6. The fourth-order valence-electron chi connectivity index (χ4n) is 2.58. The van der Waals surface area contributed by atoms with Crippen molar-refractivity contribution in [1.82, 2.24) is 10.9 Å². The van der Waals surface area contributed by atoms with E-state index in [9.17, 15) is 9.59 Å². The smallest absolute Gasteiger partial charge is 0.269 e. The van der Waals surface area contributed by atoms with E-state index in [1.807, 2.05) is 6.92 Å². The van der Waals surface area contributed by atoms with Crippen LogP contribution in [0.2, 0.25) is 5.02 Å². The summed E-state index contributed by atoms with van der Waals surface area (Å²) in [6.45, 7) is 3.08. The highest BCUT2D eigenvalue weighted by Gasteiger charge is 2.18. The van der Waals surface area contributed by atoms with Crippen LogP contribution in [0.4, 0.5) is 0 Å². The molecule has 148 valence electrons. The van der Waals surface area contributed by atoms with Crippen LogP contribution in [0.25, 0.3) is 0 Å². The molecule has 2 aromatic carbocycles. The van der Waals surface area contributed by atoms with Crippen LogP contribution in [0.1, 0.15) is 27.6 Å². The van der Waals surface area contributed by atoms with E-state index in [0.29, 0.717) is 48.4 Å². The lowest BCUT2D eigenvalue weighted by atomic mass is 10.2. The number of halogens is 1. The number of nitrogens with one attached hydrogen (secondary N) is 2. The largest absolute Gasteiger partial charge is 0.493 e. The first-order valence-corrected chi connectivity index (χ1v) is 8.92. The maximum Gasteiger partial charge on any atom is 0.269 e. The van der Waals surface area contributed by atoms with Gasteiger partial charge in [0, 0.05) is 11.1 Å². The first-order chi connectivity index (χ1) is 13.5. The third-order valence-corrected chi connectivity index (χ3v) is 4.15. The molecule has 0 atom stereocenters. The van der Waals surface area contributed by atoms with Crippen molar-refractivity contribution < 1.29 is 28.5 Å². The maximum absolute atomic E-state index is 12.4. The summed E-state index contributed by atoms with van der Waals surface area (Å²) in [6, 6.07) is 7.67. The molecule has 2 aromatic rings. The maximum atomic E-state index is 12.4. The molecule has 0 fully saturated rings. The van der Waals surface area contributed by atoms with Gasteiger partial charge in [0.25, 0.3) is 11.8 Å². The van der Waals surface area contributed by atoms with E-state index in [2.05, 4.69) is 10.9 Å². The van der Waals surface area contributed by atoms with Crippen molar-refractivity contribution in [2.45, 2.75) is 6.92 Å². The number of carbonyl (C=O) groups is 2. The van der Waals surface area contributed by atoms with Crippen molar-refractivity contribution in [1.29, 1.82) is 0 Å². The van der Waals surface area contributed by atoms with Gasteiger partial charge in [-0.2, -0.15) is 0 Å². The monoisotopic (exact) mass is 406 g/mol. The lowest BCUT2D eigenvalue weighted by Crippen LogP contribution is -2.41. The van der Waals surface area contributed by atoms with Crippen LogP contribution in [-0.4, -0.2) is 38.7 Å². The van der Waals surface area contributed by atoms with Gasteiger partial charge in [-0.25, -0.2) is 0 Å². The average molecular weight is 407 g/mol. The highest BCUT2D eigenvalue weighted by Crippen LogP contribution is 2.36. The molecule has 9 heteroatoms. The van der Waals surface area contributed by atoms with E-state index in [0.717, 1.165) is 0 Å². The summed E-state index contributed by atoms with van der Waals surface area (Å²) in [7, 11) is 1.44. The number of carbonyl (C=O) groups excluding carboxylic acids is 2. The summed E-state index contributed by atoms with van der Waals surface area (Å²) in [5.41, 5.74) is 5.21. The Morgan fingerprint density at radius 3 is 2.39 bits per heavy atom. The first kappa shape index (κ1) is 19.6. The molecule has 0 radical (unpaired) electrons. The minimum Gasteiger partial charge on any atom is -0.493 e. The van der Waals surface area contributed by atoms with Crippen LogP contribution in [0.3, 0.4) is 0 Å². The molecule has 2 N–H and O–H groups in total. The van der Waals surface area contributed by atoms with Crippen LogP contribution in [-0.2, 0) is 0 Å². The number of methoxy groups -OCH3 is 1. The number of ether oxygens (including phenoxy) is 4. The fourth-order valence-corrected chi connectivity index (χ4v) is 2.84. The molecule has 0 unspecified atom stereocenters. The van der Waals surface area contributed by atoms with Crippen molar-refractivity contribution in [3.8, 4) is 23.0 Å². The minimum atomic E-state index is -0.561. The van der Waals surface area contributed by atoms with Gasteiger partial charge in [-0.15, -0.1) is 0 Å². The molecule has 3 rings (SSSR count). The van der Waals surface area contributed by atoms with Crippen LogP contribution in [0.5, 0.6) is 23.0 Å². The van der Waals surface area contributed by atoms with Gasteiger partial charge in [0.05, 0.1) is 18.7 Å². The van der Waals surface area contributed by atoms with E-state index in [4.69, 9.17) is 30.5 Å². The van der Waals surface area contributed by atoms with Crippen molar-refractivity contribution >= 4 is 23.4 Å². The average Bonchev–Trinajstić information content (AvgIpc) is 2.72. The predicted octanol–water partition coefficient (Wildman–Crippen LogP) is 2.59. The Bertz CT molecular complexity index is 902. The molecule has 0 aromatic heterocycles. The first-order valence-electron chi connectivity index (χ1n) is 8.54. The van der Waals surface area contributed by atoms with Gasteiger partial charge >= 0.3 is 0 Å². The molecule has 0 spiro atoms. The molecule has 0 saturated carbocycles. The molecule has 0 aliphatic carbocycles. The Labute approximate surface area is 166 Å². The molecule has 28 heavy (non-hydrogen) atoms. The van der Waals surface area contributed by atoms with Crippen molar-refractivity contribution in [3.63, 3.8) is 0 Å². The summed E-state index contributed by atoms with van der Waals surface area (Å²) in [5, 5.41) is 0.226. The second kappa shape index (κ2) is 8.71. The third-order valence-electron chi connectivity index (χ3n) is 3.87. The van der Waals surface area contributed by atoms with Crippen LogP contribution >= 0.6 is 11.6 Å². The zero-order chi connectivity index (χ0) is 20.1. The van der Waals surface area contributed by atoms with E-state index in [1.54, 1.807) is 18.2 Å². The Kier molecular flexibility index (Phi) is 6.10. The van der Waals surface area contributed by atoms with Gasteiger partial charge < -0.3 is 18.9 Å². The SMILES string of the molecule is CCOc1c(Cl)cc(C(=O)NNC(=O)c2ccc3c(c2)OCCO3)cc1OC. The van der Waals surface area contributed by atoms with E-state index < -0.39 is 11.8 Å². The minimum absolute atomic E-state index is 0.202. The molecule has 1 aliphatic rings. The van der Waals surface area contributed by atoms with Crippen LogP contribution < -0.4 is 29.8 Å². The highest BCUT2D eigenvalue weighted by molar-refractivity contribution is 6.32. The highest BCUT2D eigenvalue weighted by atomic mass is 35.5. The molecule has 1 aliphatic heterocycles. The molecule has 0 saturated heterocycles. The molecule has 8 nitrogen and oxygen atoms in total. The Balaban J connectivity index is 1.68. The molecular weight excluding hydrogens is 388 g/mol. The fraction of sp³-hybridized carbons (Fsp3) is 0.263. The van der Waals surface area contributed by atoms with Crippen molar-refractivity contribution in [3.05, 3.63) is 46.5 Å².